The monoisotopic (exact) mass is 608 g/mol. The van der Waals surface area contributed by atoms with E-state index in [0.29, 0.717) is 28.6 Å². The van der Waals surface area contributed by atoms with Crippen LogP contribution in [0.4, 0.5) is 13.2 Å². The van der Waals surface area contributed by atoms with E-state index < -0.39 is 17.7 Å². The molecule has 3 heterocycles. The Balaban J connectivity index is 1.11. The standard InChI is InChI=1S/C36H31F3N4O2/c1-45-34(44)28-17-27(18-31(19-28)43-23-33(40-41-43)26-9-13-30(14-10-26)36(37,38)39)25-7-11-29(12-8-25)35-15-16-42(32(20-35)21-35)22-24-5-3-2-4-6-24/h2-14,17-19,23,32H,15-16,20-22H2,1H3. The second-order valence-corrected chi connectivity index (χ2v) is 12.0. The fraction of sp³-hybridized carbons (Fsp3) is 0.250. The van der Waals surface area contributed by atoms with Crippen molar-refractivity contribution in [3.05, 3.63) is 126 Å². The number of hydrogen-bond donors (Lipinski definition) is 0. The van der Waals surface area contributed by atoms with E-state index in [9.17, 15) is 18.0 Å². The van der Waals surface area contributed by atoms with Crippen molar-refractivity contribution in [1.29, 1.82) is 0 Å². The minimum Gasteiger partial charge on any atom is -0.465 e. The highest BCUT2D eigenvalue weighted by molar-refractivity contribution is 5.92. The van der Waals surface area contributed by atoms with Crippen LogP contribution in [0.1, 0.15) is 46.3 Å². The Morgan fingerprint density at radius 2 is 1.62 bits per heavy atom. The van der Waals surface area contributed by atoms with Crippen molar-refractivity contribution in [1.82, 2.24) is 19.9 Å². The van der Waals surface area contributed by atoms with E-state index >= 15 is 0 Å². The zero-order chi connectivity index (χ0) is 31.2. The lowest BCUT2D eigenvalue weighted by molar-refractivity contribution is -0.137. The number of alkyl halides is 3. The third kappa shape index (κ3) is 5.64. The third-order valence-electron chi connectivity index (χ3n) is 9.31. The largest absolute Gasteiger partial charge is 0.465 e. The van der Waals surface area contributed by atoms with Crippen molar-refractivity contribution >= 4 is 5.97 Å². The van der Waals surface area contributed by atoms with Crippen LogP contribution in [0.2, 0.25) is 0 Å². The van der Waals surface area contributed by atoms with E-state index in [0.717, 1.165) is 55.6 Å². The van der Waals surface area contributed by atoms with Crippen LogP contribution in [0.25, 0.3) is 28.1 Å². The normalized spacial score (nSPS) is 19.6. The van der Waals surface area contributed by atoms with Gasteiger partial charge in [-0.2, -0.15) is 13.2 Å². The molecule has 9 heteroatoms. The van der Waals surface area contributed by atoms with Gasteiger partial charge in [0.1, 0.15) is 5.69 Å². The second kappa shape index (κ2) is 11.3. The summed E-state index contributed by atoms with van der Waals surface area (Å²) in [4.78, 5) is 15.2. The number of esters is 1. The fourth-order valence-electron chi connectivity index (χ4n) is 6.77. The number of halogens is 3. The van der Waals surface area contributed by atoms with Crippen LogP contribution in [-0.4, -0.2) is 45.6 Å². The molecule has 228 valence electrons. The van der Waals surface area contributed by atoms with Gasteiger partial charge in [-0.15, -0.1) is 5.10 Å². The molecule has 1 aliphatic carbocycles. The number of rotatable bonds is 7. The smallest absolute Gasteiger partial charge is 0.416 e. The number of benzene rings is 4. The molecule has 5 aromatic rings. The summed E-state index contributed by atoms with van der Waals surface area (Å²) < 4.78 is 45.5. The third-order valence-corrected chi connectivity index (χ3v) is 9.31. The Labute approximate surface area is 259 Å². The van der Waals surface area contributed by atoms with E-state index in [1.807, 2.05) is 6.07 Å². The van der Waals surface area contributed by atoms with Crippen LogP contribution in [0, 0.1) is 0 Å². The van der Waals surface area contributed by atoms with Crippen LogP contribution in [0.5, 0.6) is 0 Å². The maximum absolute atomic E-state index is 13.0. The first-order valence-electron chi connectivity index (χ1n) is 14.9. The molecule has 8 rings (SSSR count). The molecule has 2 aliphatic heterocycles. The lowest BCUT2D eigenvalue weighted by Gasteiger charge is -2.58. The summed E-state index contributed by atoms with van der Waals surface area (Å²) in [5.41, 5.74) is 5.79. The number of nitrogens with zero attached hydrogens (tertiary/aromatic N) is 4. The van der Waals surface area contributed by atoms with Gasteiger partial charge in [0.05, 0.1) is 30.1 Å². The number of hydrogen-bond acceptors (Lipinski definition) is 5. The fourth-order valence-corrected chi connectivity index (χ4v) is 6.77. The quantitative estimate of drug-likeness (QED) is 0.177. The maximum Gasteiger partial charge on any atom is 0.416 e. The highest BCUT2D eigenvalue weighted by Gasteiger charge is 2.51. The number of carbonyl (C=O) groups excluding carboxylic acids is 1. The molecule has 0 radical (unpaired) electrons. The van der Waals surface area contributed by atoms with Gasteiger partial charge >= 0.3 is 12.1 Å². The first kappa shape index (κ1) is 29.0. The molecule has 2 bridgehead atoms. The summed E-state index contributed by atoms with van der Waals surface area (Å²) in [5.74, 6) is -0.487. The van der Waals surface area contributed by atoms with Gasteiger partial charge < -0.3 is 4.74 Å². The van der Waals surface area contributed by atoms with Gasteiger partial charge in [0.25, 0.3) is 0 Å². The summed E-state index contributed by atoms with van der Waals surface area (Å²) in [5, 5.41) is 8.37. The summed E-state index contributed by atoms with van der Waals surface area (Å²) in [6, 6.07) is 30.0. The first-order chi connectivity index (χ1) is 21.7. The molecule has 0 atom stereocenters. The number of piperidine rings is 2. The van der Waals surface area contributed by atoms with Crippen LogP contribution in [-0.2, 0) is 22.9 Å². The molecule has 0 amide bonds. The second-order valence-electron chi connectivity index (χ2n) is 12.0. The van der Waals surface area contributed by atoms with Crippen molar-refractivity contribution in [3.63, 3.8) is 0 Å². The van der Waals surface area contributed by atoms with Gasteiger partial charge in [-0.1, -0.05) is 71.9 Å². The summed E-state index contributed by atoms with van der Waals surface area (Å²) >= 11 is 0. The van der Waals surface area contributed by atoms with E-state index in [2.05, 4.69) is 69.8 Å². The summed E-state index contributed by atoms with van der Waals surface area (Å²) in [6.45, 7) is 2.08. The minimum absolute atomic E-state index is 0.213. The van der Waals surface area contributed by atoms with Crippen molar-refractivity contribution in [2.45, 2.75) is 43.4 Å². The lowest BCUT2D eigenvalue weighted by atomic mass is 9.57. The van der Waals surface area contributed by atoms with Gasteiger partial charge in [0.15, 0.2) is 0 Å². The van der Waals surface area contributed by atoms with Gasteiger partial charge in [-0.3, -0.25) is 4.90 Å². The van der Waals surface area contributed by atoms with Crippen molar-refractivity contribution in [3.8, 4) is 28.1 Å². The molecule has 0 N–H and O–H groups in total. The molecule has 45 heavy (non-hydrogen) atoms. The number of aromatic nitrogens is 3. The minimum atomic E-state index is -4.42. The maximum atomic E-state index is 13.0. The Bertz CT molecular complexity index is 1820. The molecular weight excluding hydrogens is 577 g/mol. The summed E-state index contributed by atoms with van der Waals surface area (Å²) in [7, 11) is 1.33. The number of methoxy groups -OCH3 is 1. The average Bonchev–Trinajstić information content (AvgIpc) is 3.55. The van der Waals surface area contributed by atoms with Gasteiger partial charge in [-0.05, 0) is 83.8 Å². The Kier molecular flexibility index (Phi) is 7.28. The molecule has 2 saturated heterocycles. The molecule has 0 spiro atoms. The molecular formula is C36H31F3N4O2. The van der Waals surface area contributed by atoms with Gasteiger partial charge in [-0.25, -0.2) is 9.48 Å². The molecule has 4 aromatic carbocycles. The van der Waals surface area contributed by atoms with Crippen LogP contribution < -0.4 is 0 Å². The Morgan fingerprint density at radius 1 is 0.911 bits per heavy atom. The van der Waals surface area contributed by atoms with E-state index in [-0.39, 0.29) is 5.41 Å². The molecule has 1 aromatic heterocycles. The highest BCUT2D eigenvalue weighted by atomic mass is 19.4. The van der Waals surface area contributed by atoms with Crippen molar-refractivity contribution in [2.24, 2.45) is 0 Å². The molecule has 3 aliphatic rings. The SMILES string of the molecule is COC(=O)c1cc(-c2ccc(C34CCN(Cc5ccccc5)C(C3)C4)cc2)cc(-n2cc(-c3ccc(C(F)(F)F)cc3)nn2)c1. The molecule has 1 saturated carbocycles. The average molecular weight is 609 g/mol. The zero-order valence-corrected chi connectivity index (χ0v) is 24.7. The number of fused-ring (bicyclic) bond motifs is 2. The van der Waals surface area contributed by atoms with Crippen LogP contribution >= 0.6 is 0 Å². The highest BCUT2D eigenvalue weighted by Crippen LogP contribution is 2.53. The van der Waals surface area contributed by atoms with E-state index in [1.165, 1.54) is 35.1 Å². The van der Waals surface area contributed by atoms with Crippen molar-refractivity contribution < 1.29 is 22.7 Å². The zero-order valence-electron chi connectivity index (χ0n) is 24.7. The van der Waals surface area contributed by atoms with E-state index in [4.69, 9.17) is 4.74 Å². The van der Waals surface area contributed by atoms with Crippen molar-refractivity contribution in [2.75, 3.05) is 13.7 Å². The number of ether oxygens (including phenoxy) is 1. The van der Waals surface area contributed by atoms with Crippen LogP contribution in [0.15, 0.2) is 103 Å². The van der Waals surface area contributed by atoms with Gasteiger partial charge in [0, 0.05) is 18.2 Å². The Hall–Kier alpha value is -4.76. The molecule has 3 fully saturated rings. The lowest BCUT2D eigenvalue weighted by Crippen LogP contribution is -2.59. The molecule has 0 unspecified atom stereocenters. The predicted molar refractivity (Wildman–Crippen MR) is 165 cm³/mol. The summed E-state index contributed by atoms with van der Waals surface area (Å²) in [6.07, 6.45) is 0.663. The van der Waals surface area contributed by atoms with Crippen LogP contribution in [0.3, 0.4) is 0 Å². The number of carbonyl (C=O) groups is 1. The predicted octanol–water partition coefficient (Wildman–Crippen LogP) is 7.71. The Morgan fingerprint density at radius 3 is 2.27 bits per heavy atom. The topological polar surface area (TPSA) is 60.2 Å². The molecule has 6 nitrogen and oxygen atoms in total. The van der Waals surface area contributed by atoms with E-state index in [1.54, 1.807) is 18.3 Å². The first-order valence-corrected chi connectivity index (χ1v) is 14.9. The van der Waals surface area contributed by atoms with Gasteiger partial charge in [0.2, 0.25) is 0 Å².